The Labute approximate surface area is 179 Å². The van der Waals surface area contributed by atoms with Gasteiger partial charge in [-0.2, -0.15) is 5.10 Å². The maximum atomic E-state index is 9.84. The van der Waals surface area contributed by atoms with Gasteiger partial charge in [0.2, 0.25) is 0 Å². The molecule has 0 spiro atoms. The molecular formula is C19H34IN5O2. The van der Waals surface area contributed by atoms with E-state index in [1.165, 1.54) is 11.3 Å². The van der Waals surface area contributed by atoms with Crippen LogP contribution in [0.15, 0.2) is 11.2 Å². The Hall–Kier alpha value is -0.870. The van der Waals surface area contributed by atoms with Crippen molar-refractivity contribution in [3.05, 3.63) is 17.5 Å². The molecule has 7 nitrogen and oxygen atoms in total. The highest BCUT2D eigenvalue weighted by Crippen LogP contribution is 2.29. The molecule has 1 aliphatic carbocycles. The Bertz CT molecular complexity index is 626. The van der Waals surface area contributed by atoms with Crippen LogP contribution in [-0.2, 0) is 17.6 Å². The van der Waals surface area contributed by atoms with E-state index in [4.69, 9.17) is 9.84 Å². The Morgan fingerprint density at radius 3 is 2.81 bits per heavy atom. The normalized spacial score (nSPS) is 22.1. The fourth-order valence-corrected chi connectivity index (χ4v) is 3.75. The number of hydrogen-bond donors (Lipinski definition) is 3. The maximum absolute atomic E-state index is 9.84. The highest BCUT2D eigenvalue weighted by molar-refractivity contribution is 14.0. The summed E-state index contributed by atoms with van der Waals surface area (Å²) in [6.07, 6.45) is 7.01. The van der Waals surface area contributed by atoms with Crippen LogP contribution in [0.4, 0.5) is 0 Å². The van der Waals surface area contributed by atoms with Gasteiger partial charge in [-0.15, -0.1) is 24.0 Å². The molecule has 1 unspecified atom stereocenters. The Kier molecular flexibility index (Phi) is 8.36. The van der Waals surface area contributed by atoms with E-state index in [-0.39, 0.29) is 36.0 Å². The number of guanidine groups is 1. The highest BCUT2D eigenvalue weighted by Gasteiger charge is 2.32. The summed E-state index contributed by atoms with van der Waals surface area (Å²) in [5.41, 5.74) is 2.47. The van der Waals surface area contributed by atoms with Gasteiger partial charge in [-0.1, -0.05) is 0 Å². The minimum atomic E-state index is -0.106. The molecule has 0 saturated carbocycles. The first-order chi connectivity index (χ1) is 12.5. The Morgan fingerprint density at radius 1 is 1.44 bits per heavy atom. The van der Waals surface area contributed by atoms with E-state index in [0.717, 1.165) is 51.3 Å². The molecule has 8 heteroatoms. The van der Waals surface area contributed by atoms with Crippen molar-refractivity contribution in [1.29, 1.82) is 0 Å². The van der Waals surface area contributed by atoms with Crippen LogP contribution in [0.1, 0.15) is 50.4 Å². The number of aliphatic hydroxyl groups excluding tert-OH is 1. The second-order valence-corrected chi connectivity index (χ2v) is 7.96. The number of aryl methyl sites for hydroxylation is 1. The quantitative estimate of drug-likeness (QED) is 0.333. The van der Waals surface area contributed by atoms with Crippen molar-refractivity contribution in [1.82, 2.24) is 20.4 Å². The molecule has 0 bridgehead atoms. The van der Waals surface area contributed by atoms with Crippen LogP contribution in [0.3, 0.4) is 0 Å². The average molecular weight is 491 g/mol. The number of aliphatic imine (C=N–C) groups is 1. The van der Waals surface area contributed by atoms with Gasteiger partial charge < -0.3 is 20.5 Å². The lowest BCUT2D eigenvalue weighted by atomic mass is 9.81. The number of nitrogens with one attached hydrogen (secondary N) is 2. The number of aliphatic hydroxyl groups is 1. The van der Waals surface area contributed by atoms with E-state index in [9.17, 15) is 5.11 Å². The van der Waals surface area contributed by atoms with Crippen LogP contribution in [-0.4, -0.2) is 60.3 Å². The smallest absolute Gasteiger partial charge is 0.191 e. The zero-order valence-electron chi connectivity index (χ0n) is 16.7. The van der Waals surface area contributed by atoms with Crippen molar-refractivity contribution in [2.75, 3.05) is 33.4 Å². The predicted molar refractivity (Wildman–Crippen MR) is 118 cm³/mol. The van der Waals surface area contributed by atoms with Gasteiger partial charge in [-0.3, -0.25) is 9.67 Å². The summed E-state index contributed by atoms with van der Waals surface area (Å²) < 4.78 is 7.51. The van der Waals surface area contributed by atoms with Gasteiger partial charge in [-0.25, -0.2) is 0 Å². The molecule has 1 atom stereocenters. The Morgan fingerprint density at radius 2 is 2.19 bits per heavy atom. The predicted octanol–water partition coefficient (Wildman–Crippen LogP) is 1.89. The third-order valence-corrected chi connectivity index (χ3v) is 5.71. The molecule has 3 N–H and O–H groups in total. The molecule has 2 heterocycles. The van der Waals surface area contributed by atoms with Gasteiger partial charge in [0.1, 0.15) is 0 Å². The molecule has 0 aromatic carbocycles. The lowest BCUT2D eigenvalue weighted by Gasteiger charge is -2.36. The summed E-state index contributed by atoms with van der Waals surface area (Å²) in [6.45, 7) is 6.66. The van der Waals surface area contributed by atoms with Gasteiger partial charge >= 0.3 is 0 Å². The molecule has 1 aromatic heterocycles. The van der Waals surface area contributed by atoms with Gasteiger partial charge in [-0.05, 0) is 45.1 Å². The van der Waals surface area contributed by atoms with Gasteiger partial charge in [0, 0.05) is 56.9 Å². The molecule has 0 amide bonds. The minimum absolute atomic E-state index is 0. The summed E-state index contributed by atoms with van der Waals surface area (Å²) in [5.74, 6) is 0.807. The SMILES string of the molecule is CN=C(NCC1(CO)CCOCC1)NC1CCc2cn(C(C)C)nc2C1.I. The standard InChI is InChI=1S/C19H33N5O2.HI/c1-14(2)24-11-15-4-5-16(10-17(15)23-24)22-18(20-3)21-12-19(13-25)6-8-26-9-7-19;/h11,14,16,25H,4-10,12-13H2,1-3H3,(H2,20,21,22);1H. The van der Waals surface area contributed by atoms with Crippen LogP contribution >= 0.6 is 24.0 Å². The molecule has 1 saturated heterocycles. The second-order valence-electron chi connectivity index (χ2n) is 7.96. The second kappa shape index (κ2) is 10.1. The number of halogens is 1. The largest absolute Gasteiger partial charge is 0.396 e. The van der Waals surface area contributed by atoms with E-state index in [0.29, 0.717) is 18.6 Å². The van der Waals surface area contributed by atoms with Crippen LogP contribution in [0.5, 0.6) is 0 Å². The zero-order valence-corrected chi connectivity index (χ0v) is 19.0. The zero-order chi connectivity index (χ0) is 18.6. The van der Waals surface area contributed by atoms with E-state index in [1.54, 1.807) is 7.05 Å². The average Bonchev–Trinajstić information content (AvgIpc) is 3.09. The van der Waals surface area contributed by atoms with Crippen LogP contribution < -0.4 is 10.6 Å². The van der Waals surface area contributed by atoms with Crippen LogP contribution in [0.25, 0.3) is 0 Å². The minimum Gasteiger partial charge on any atom is -0.396 e. The van der Waals surface area contributed by atoms with Crippen LogP contribution in [0, 0.1) is 5.41 Å². The number of nitrogens with zero attached hydrogens (tertiary/aromatic N) is 3. The molecule has 1 fully saturated rings. The third kappa shape index (κ3) is 5.57. The van der Waals surface area contributed by atoms with Crippen molar-refractivity contribution in [2.24, 2.45) is 10.4 Å². The number of ether oxygens (including phenoxy) is 1. The molecule has 27 heavy (non-hydrogen) atoms. The van der Waals surface area contributed by atoms with E-state index >= 15 is 0 Å². The molecular weight excluding hydrogens is 457 g/mol. The van der Waals surface area contributed by atoms with Gasteiger partial charge in [0.05, 0.1) is 12.3 Å². The van der Waals surface area contributed by atoms with Crippen molar-refractivity contribution in [3.63, 3.8) is 0 Å². The fraction of sp³-hybridized carbons (Fsp3) is 0.789. The maximum Gasteiger partial charge on any atom is 0.191 e. The first-order valence-electron chi connectivity index (χ1n) is 9.78. The van der Waals surface area contributed by atoms with E-state index < -0.39 is 0 Å². The summed E-state index contributed by atoms with van der Waals surface area (Å²) in [6, 6.07) is 0.736. The number of hydrogen-bond acceptors (Lipinski definition) is 4. The van der Waals surface area contributed by atoms with Crippen molar-refractivity contribution >= 4 is 29.9 Å². The van der Waals surface area contributed by atoms with Crippen molar-refractivity contribution in [3.8, 4) is 0 Å². The first-order valence-corrected chi connectivity index (χ1v) is 9.78. The molecule has 0 radical (unpaired) electrons. The van der Waals surface area contributed by atoms with Crippen LogP contribution in [0.2, 0.25) is 0 Å². The monoisotopic (exact) mass is 491 g/mol. The molecule has 1 aromatic rings. The van der Waals surface area contributed by atoms with E-state index in [2.05, 4.69) is 40.4 Å². The number of rotatable bonds is 5. The summed E-state index contributed by atoms with van der Waals surface area (Å²) >= 11 is 0. The Balaban J connectivity index is 0.00000261. The van der Waals surface area contributed by atoms with Crippen molar-refractivity contribution < 1.29 is 9.84 Å². The number of aromatic nitrogens is 2. The van der Waals surface area contributed by atoms with Gasteiger partial charge in [0.25, 0.3) is 0 Å². The molecule has 1 aliphatic heterocycles. The molecule has 2 aliphatic rings. The fourth-order valence-electron chi connectivity index (χ4n) is 3.75. The lowest BCUT2D eigenvalue weighted by Crippen LogP contribution is -2.50. The van der Waals surface area contributed by atoms with Crippen molar-refractivity contribution in [2.45, 2.75) is 58.0 Å². The number of fused-ring (bicyclic) bond motifs is 1. The summed E-state index contributed by atoms with van der Waals surface area (Å²) in [5, 5.41) is 21.6. The third-order valence-electron chi connectivity index (χ3n) is 5.71. The topological polar surface area (TPSA) is 83.7 Å². The molecule has 3 rings (SSSR count). The summed E-state index contributed by atoms with van der Waals surface area (Å²) in [7, 11) is 1.80. The first kappa shape index (κ1) is 22.4. The van der Waals surface area contributed by atoms with Gasteiger partial charge in [0.15, 0.2) is 5.96 Å². The lowest BCUT2D eigenvalue weighted by molar-refractivity contribution is -0.0132. The van der Waals surface area contributed by atoms with E-state index in [1.807, 2.05) is 0 Å². The highest BCUT2D eigenvalue weighted by atomic mass is 127. The summed E-state index contributed by atoms with van der Waals surface area (Å²) in [4.78, 5) is 4.38. The molecule has 154 valence electrons.